The standard InChI is InChI=1S/C21H20O3/c1-22-19-13-15(14-20(23-2)21(19)24-3)11-12-17-9-6-8-16-7-4-5-10-18(16)17/h4-14H,1-3H3. The maximum absolute atomic E-state index is 5.40. The van der Waals surface area contributed by atoms with Gasteiger partial charge in [-0.3, -0.25) is 0 Å². The van der Waals surface area contributed by atoms with E-state index in [0.717, 1.165) is 5.56 Å². The fraction of sp³-hybridized carbons (Fsp3) is 0.143. The molecule has 0 N–H and O–H groups in total. The first-order chi connectivity index (χ1) is 11.8. The zero-order valence-corrected chi connectivity index (χ0v) is 14.1. The minimum absolute atomic E-state index is 0.599. The van der Waals surface area contributed by atoms with Crippen molar-refractivity contribution in [1.82, 2.24) is 0 Å². The number of hydrogen-bond donors (Lipinski definition) is 0. The second-order valence-electron chi connectivity index (χ2n) is 5.36. The van der Waals surface area contributed by atoms with E-state index in [4.69, 9.17) is 14.2 Å². The monoisotopic (exact) mass is 320 g/mol. The van der Waals surface area contributed by atoms with Gasteiger partial charge in [0.15, 0.2) is 11.5 Å². The summed E-state index contributed by atoms with van der Waals surface area (Å²) in [4.78, 5) is 0. The summed E-state index contributed by atoms with van der Waals surface area (Å²) < 4.78 is 16.2. The van der Waals surface area contributed by atoms with Crippen molar-refractivity contribution in [1.29, 1.82) is 0 Å². The molecule has 0 saturated heterocycles. The fourth-order valence-electron chi connectivity index (χ4n) is 2.78. The van der Waals surface area contributed by atoms with Crippen LogP contribution in [0, 0.1) is 0 Å². The second-order valence-corrected chi connectivity index (χ2v) is 5.36. The minimum Gasteiger partial charge on any atom is -0.493 e. The first-order valence-corrected chi connectivity index (χ1v) is 7.72. The molecule has 24 heavy (non-hydrogen) atoms. The topological polar surface area (TPSA) is 27.7 Å². The van der Waals surface area contributed by atoms with Gasteiger partial charge in [0, 0.05) is 0 Å². The highest BCUT2D eigenvalue weighted by atomic mass is 16.5. The SMILES string of the molecule is COc1cc(C=Cc2cccc3ccccc23)cc(OC)c1OC. The summed E-state index contributed by atoms with van der Waals surface area (Å²) in [5.74, 6) is 1.89. The Morgan fingerprint density at radius 1 is 0.708 bits per heavy atom. The van der Waals surface area contributed by atoms with Crippen LogP contribution in [-0.4, -0.2) is 21.3 Å². The normalized spacial score (nSPS) is 11.0. The van der Waals surface area contributed by atoms with Crippen LogP contribution in [0.4, 0.5) is 0 Å². The molecule has 0 aromatic heterocycles. The van der Waals surface area contributed by atoms with Gasteiger partial charge in [-0.15, -0.1) is 0 Å². The third-order valence-corrected chi connectivity index (χ3v) is 3.97. The zero-order valence-electron chi connectivity index (χ0n) is 14.1. The lowest BCUT2D eigenvalue weighted by molar-refractivity contribution is 0.324. The fourth-order valence-corrected chi connectivity index (χ4v) is 2.78. The molecule has 0 bridgehead atoms. The van der Waals surface area contributed by atoms with E-state index in [0.29, 0.717) is 17.2 Å². The van der Waals surface area contributed by atoms with Gasteiger partial charge >= 0.3 is 0 Å². The third kappa shape index (κ3) is 3.06. The predicted octanol–water partition coefficient (Wildman–Crippen LogP) is 5.04. The summed E-state index contributed by atoms with van der Waals surface area (Å²) in [5, 5.41) is 2.45. The van der Waals surface area contributed by atoms with Crippen molar-refractivity contribution in [2.75, 3.05) is 21.3 Å². The number of ether oxygens (including phenoxy) is 3. The lowest BCUT2D eigenvalue weighted by Gasteiger charge is -2.12. The molecule has 0 fully saturated rings. The van der Waals surface area contributed by atoms with E-state index < -0.39 is 0 Å². The number of methoxy groups -OCH3 is 3. The summed E-state index contributed by atoms with van der Waals surface area (Å²) in [6.07, 6.45) is 4.15. The Kier molecular flexibility index (Phi) is 4.71. The molecule has 0 unspecified atom stereocenters. The molecule has 0 atom stereocenters. The van der Waals surface area contributed by atoms with Crippen LogP contribution in [0.5, 0.6) is 17.2 Å². The van der Waals surface area contributed by atoms with Crippen LogP contribution in [0.2, 0.25) is 0 Å². The molecular formula is C21H20O3. The third-order valence-electron chi connectivity index (χ3n) is 3.97. The van der Waals surface area contributed by atoms with Gasteiger partial charge in [0.2, 0.25) is 5.75 Å². The van der Waals surface area contributed by atoms with Gasteiger partial charge in [-0.1, -0.05) is 54.6 Å². The van der Waals surface area contributed by atoms with Crippen molar-refractivity contribution in [3.8, 4) is 17.2 Å². The van der Waals surface area contributed by atoms with Crippen molar-refractivity contribution in [2.45, 2.75) is 0 Å². The molecule has 0 heterocycles. The summed E-state index contributed by atoms with van der Waals surface area (Å²) >= 11 is 0. The van der Waals surface area contributed by atoms with E-state index in [2.05, 4.69) is 48.5 Å². The zero-order chi connectivity index (χ0) is 16.9. The molecule has 0 radical (unpaired) electrons. The van der Waals surface area contributed by atoms with Crippen molar-refractivity contribution in [2.24, 2.45) is 0 Å². The van der Waals surface area contributed by atoms with Crippen LogP contribution in [0.1, 0.15) is 11.1 Å². The van der Waals surface area contributed by atoms with E-state index in [1.807, 2.05) is 18.2 Å². The molecule has 0 amide bonds. The van der Waals surface area contributed by atoms with Crippen LogP contribution in [0.25, 0.3) is 22.9 Å². The Labute approximate surface area is 142 Å². The molecule has 3 nitrogen and oxygen atoms in total. The average Bonchev–Trinajstić information content (AvgIpc) is 2.65. The highest BCUT2D eigenvalue weighted by Crippen LogP contribution is 2.38. The smallest absolute Gasteiger partial charge is 0.203 e. The molecule has 0 saturated carbocycles. The first kappa shape index (κ1) is 15.9. The van der Waals surface area contributed by atoms with Gasteiger partial charge in [0.1, 0.15) is 0 Å². The van der Waals surface area contributed by atoms with Crippen LogP contribution in [-0.2, 0) is 0 Å². The molecule has 3 aromatic rings. The summed E-state index contributed by atoms with van der Waals surface area (Å²) in [6, 6.07) is 18.5. The van der Waals surface area contributed by atoms with E-state index in [1.165, 1.54) is 16.3 Å². The average molecular weight is 320 g/mol. The van der Waals surface area contributed by atoms with Gasteiger partial charge in [-0.25, -0.2) is 0 Å². The number of benzene rings is 3. The summed E-state index contributed by atoms with van der Waals surface area (Å²) in [5.41, 5.74) is 2.15. The van der Waals surface area contributed by atoms with Gasteiger partial charge in [-0.05, 0) is 34.0 Å². The van der Waals surface area contributed by atoms with E-state index >= 15 is 0 Å². The van der Waals surface area contributed by atoms with Crippen molar-refractivity contribution in [3.05, 3.63) is 65.7 Å². The lowest BCUT2D eigenvalue weighted by atomic mass is 10.0. The number of fused-ring (bicyclic) bond motifs is 1. The Morgan fingerprint density at radius 2 is 1.38 bits per heavy atom. The van der Waals surface area contributed by atoms with E-state index in [9.17, 15) is 0 Å². The molecule has 0 aliphatic heterocycles. The van der Waals surface area contributed by atoms with Crippen molar-refractivity contribution < 1.29 is 14.2 Å². The highest BCUT2D eigenvalue weighted by molar-refractivity contribution is 5.92. The van der Waals surface area contributed by atoms with Crippen LogP contribution < -0.4 is 14.2 Å². The molecule has 122 valence electrons. The van der Waals surface area contributed by atoms with Gasteiger partial charge < -0.3 is 14.2 Å². The van der Waals surface area contributed by atoms with Crippen LogP contribution in [0.3, 0.4) is 0 Å². The minimum atomic E-state index is 0.599. The Morgan fingerprint density at radius 3 is 2.04 bits per heavy atom. The van der Waals surface area contributed by atoms with Gasteiger partial charge in [-0.2, -0.15) is 0 Å². The van der Waals surface area contributed by atoms with Crippen molar-refractivity contribution in [3.63, 3.8) is 0 Å². The Balaban J connectivity index is 2.02. The molecular weight excluding hydrogens is 300 g/mol. The van der Waals surface area contributed by atoms with Crippen LogP contribution >= 0.6 is 0 Å². The largest absolute Gasteiger partial charge is 0.493 e. The van der Waals surface area contributed by atoms with Gasteiger partial charge in [0.25, 0.3) is 0 Å². The maximum Gasteiger partial charge on any atom is 0.203 e. The van der Waals surface area contributed by atoms with Gasteiger partial charge in [0.05, 0.1) is 21.3 Å². The molecule has 3 heteroatoms. The highest BCUT2D eigenvalue weighted by Gasteiger charge is 2.12. The second kappa shape index (κ2) is 7.09. The van der Waals surface area contributed by atoms with Crippen molar-refractivity contribution >= 4 is 22.9 Å². The molecule has 0 aliphatic rings. The molecule has 0 spiro atoms. The number of rotatable bonds is 5. The summed E-state index contributed by atoms with van der Waals surface area (Å²) in [6.45, 7) is 0. The molecule has 3 rings (SSSR count). The first-order valence-electron chi connectivity index (χ1n) is 7.72. The summed E-state index contributed by atoms with van der Waals surface area (Å²) in [7, 11) is 4.84. The quantitative estimate of drug-likeness (QED) is 0.617. The predicted molar refractivity (Wildman–Crippen MR) is 99.0 cm³/mol. The lowest BCUT2D eigenvalue weighted by Crippen LogP contribution is -1.95. The van der Waals surface area contributed by atoms with E-state index in [-0.39, 0.29) is 0 Å². The van der Waals surface area contributed by atoms with E-state index in [1.54, 1.807) is 21.3 Å². The number of hydrogen-bond acceptors (Lipinski definition) is 3. The Bertz CT molecular complexity index is 851. The van der Waals surface area contributed by atoms with Crippen LogP contribution in [0.15, 0.2) is 54.6 Å². The molecule has 0 aliphatic carbocycles. The molecule has 3 aromatic carbocycles. The maximum atomic E-state index is 5.40. The Hall–Kier alpha value is -2.94.